The highest BCUT2D eigenvalue weighted by atomic mass is 16.5. The van der Waals surface area contributed by atoms with Gasteiger partial charge in [0.2, 0.25) is 0 Å². The Morgan fingerprint density at radius 3 is 2.67 bits per heavy atom. The first kappa shape index (κ1) is 14.8. The molecule has 0 aliphatic heterocycles. The zero-order valence-electron chi connectivity index (χ0n) is 11.9. The third-order valence-electron chi connectivity index (χ3n) is 2.83. The maximum Gasteiger partial charge on any atom is 0.354 e. The second-order valence-electron chi connectivity index (χ2n) is 4.55. The van der Waals surface area contributed by atoms with Crippen molar-refractivity contribution in [1.29, 1.82) is 0 Å². The van der Waals surface area contributed by atoms with E-state index in [9.17, 15) is 4.79 Å². The van der Waals surface area contributed by atoms with Gasteiger partial charge in [-0.25, -0.2) is 9.78 Å². The van der Waals surface area contributed by atoms with Crippen molar-refractivity contribution in [1.82, 2.24) is 4.98 Å². The average molecular weight is 286 g/mol. The number of nitrogens with one attached hydrogen (secondary N) is 1. The van der Waals surface area contributed by atoms with Gasteiger partial charge in [0.1, 0.15) is 11.4 Å². The molecule has 2 rings (SSSR count). The minimum Gasteiger partial charge on any atom is -0.494 e. The van der Waals surface area contributed by atoms with E-state index in [1.807, 2.05) is 24.3 Å². The summed E-state index contributed by atoms with van der Waals surface area (Å²) in [4.78, 5) is 14.9. The molecule has 0 spiro atoms. The SMILES string of the molecule is CCCOc1ccc(NCc2cccc(C(=O)O)n2)cc1. The molecule has 1 aromatic carbocycles. The third-order valence-corrected chi connectivity index (χ3v) is 2.83. The average Bonchev–Trinajstić information content (AvgIpc) is 2.52. The molecular formula is C16H18N2O3. The second-order valence-corrected chi connectivity index (χ2v) is 4.55. The van der Waals surface area contributed by atoms with Gasteiger partial charge in [0.15, 0.2) is 0 Å². The van der Waals surface area contributed by atoms with Crippen molar-refractivity contribution < 1.29 is 14.6 Å². The smallest absolute Gasteiger partial charge is 0.354 e. The number of rotatable bonds is 7. The Hall–Kier alpha value is -2.56. The number of aromatic nitrogens is 1. The van der Waals surface area contributed by atoms with E-state index in [1.165, 1.54) is 6.07 Å². The summed E-state index contributed by atoms with van der Waals surface area (Å²) in [5, 5.41) is 12.1. The molecule has 110 valence electrons. The first-order valence-electron chi connectivity index (χ1n) is 6.85. The number of pyridine rings is 1. The van der Waals surface area contributed by atoms with Crippen molar-refractivity contribution in [3.05, 3.63) is 53.9 Å². The predicted octanol–water partition coefficient (Wildman–Crippen LogP) is 3.18. The van der Waals surface area contributed by atoms with Gasteiger partial charge in [-0.1, -0.05) is 13.0 Å². The Bertz CT molecular complexity index is 597. The number of anilines is 1. The lowest BCUT2D eigenvalue weighted by atomic mass is 10.2. The van der Waals surface area contributed by atoms with Crippen LogP contribution in [0.5, 0.6) is 5.75 Å². The molecule has 2 aromatic rings. The number of aromatic carboxylic acids is 1. The minimum atomic E-state index is -1.02. The maximum absolute atomic E-state index is 10.9. The van der Waals surface area contributed by atoms with Gasteiger partial charge in [0.05, 0.1) is 18.8 Å². The lowest BCUT2D eigenvalue weighted by molar-refractivity contribution is 0.0690. The van der Waals surface area contributed by atoms with Crippen LogP contribution in [0.3, 0.4) is 0 Å². The summed E-state index contributed by atoms with van der Waals surface area (Å²) >= 11 is 0. The molecule has 2 N–H and O–H groups in total. The van der Waals surface area contributed by atoms with Gasteiger partial charge in [-0.3, -0.25) is 0 Å². The molecule has 0 amide bonds. The molecule has 5 nitrogen and oxygen atoms in total. The fourth-order valence-electron chi connectivity index (χ4n) is 1.78. The van der Waals surface area contributed by atoms with E-state index >= 15 is 0 Å². The number of hydrogen-bond acceptors (Lipinski definition) is 4. The molecule has 0 fully saturated rings. The number of hydrogen-bond donors (Lipinski definition) is 2. The highest BCUT2D eigenvalue weighted by Gasteiger charge is 2.04. The normalized spacial score (nSPS) is 10.1. The molecule has 0 aliphatic carbocycles. The first-order chi connectivity index (χ1) is 10.2. The van der Waals surface area contributed by atoms with E-state index in [-0.39, 0.29) is 5.69 Å². The Labute approximate surface area is 123 Å². The fraction of sp³-hybridized carbons (Fsp3) is 0.250. The molecule has 21 heavy (non-hydrogen) atoms. The van der Waals surface area contributed by atoms with E-state index < -0.39 is 5.97 Å². The number of benzene rings is 1. The molecule has 1 aromatic heterocycles. The summed E-state index contributed by atoms with van der Waals surface area (Å²) in [5.41, 5.74) is 1.67. The molecule has 0 unspecified atom stereocenters. The Morgan fingerprint density at radius 2 is 2.00 bits per heavy atom. The Morgan fingerprint density at radius 1 is 1.24 bits per heavy atom. The maximum atomic E-state index is 10.9. The van der Waals surface area contributed by atoms with Crippen LogP contribution >= 0.6 is 0 Å². The number of carboxylic acids is 1. The molecule has 0 bridgehead atoms. The lowest BCUT2D eigenvalue weighted by Gasteiger charge is -2.08. The van der Waals surface area contributed by atoms with E-state index in [0.717, 1.165) is 17.9 Å². The van der Waals surface area contributed by atoms with Crippen LogP contribution in [0.1, 0.15) is 29.5 Å². The van der Waals surface area contributed by atoms with Crippen molar-refractivity contribution in [2.24, 2.45) is 0 Å². The van der Waals surface area contributed by atoms with Gasteiger partial charge in [-0.15, -0.1) is 0 Å². The highest BCUT2D eigenvalue weighted by Crippen LogP contribution is 2.16. The summed E-state index contributed by atoms with van der Waals surface area (Å²) in [5.74, 6) is -0.178. The van der Waals surface area contributed by atoms with Gasteiger partial charge in [0.25, 0.3) is 0 Å². The van der Waals surface area contributed by atoms with E-state index in [0.29, 0.717) is 18.8 Å². The molecule has 0 radical (unpaired) electrons. The largest absolute Gasteiger partial charge is 0.494 e. The molecule has 0 atom stereocenters. The molecule has 1 heterocycles. The standard InChI is InChI=1S/C16H18N2O3/c1-2-10-21-14-8-6-12(7-9-14)17-11-13-4-3-5-15(18-13)16(19)20/h3-9,17H,2,10-11H2,1H3,(H,19,20). The summed E-state index contributed by atoms with van der Waals surface area (Å²) < 4.78 is 5.51. The van der Waals surface area contributed by atoms with Gasteiger partial charge in [0, 0.05) is 5.69 Å². The van der Waals surface area contributed by atoms with Gasteiger partial charge < -0.3 is 15.2 Å². The van der Waals surface area contributed by atoms with E-state index in [2.05, 4.69) is 17.2 Å². The number of carbonyl (C=O) groups is 1. The van der Waals surface area contributed by atoms with Crippen LogP contribution in [-0.2, 0) is 6.54 Å². The highest BCUT2D eigenvalue weighted by molar-refractivity contribution is 5.85. The van der Waals surface area contributed by atoms with Crippen molar-refractivity contribution in [3.8, 4) is 5.75 Å². The number of nitrogens with zero attached hydrogens (tertiary/aromatic N) is 1. The van der Waals surface area contributed by atoms with E-state index in [4.69, 9.17) is 9.84 Å². The fourth-order valence-corrected chi connectivity index (χ4v) is 1.78. The topological polar surface area (TPSA) is 71.5 Å². The second kappa shape index (κ2) is 7.28. The van der Waals surface area contributed by atoms with E-state index in [1.54, 1.807) is 12.1 Å². The predicted molar refractivity (Wildman–Crippen MR) is 80.8 cm³/mol. The van der Waals surface area contributed by atoms with Crippen LogP contribution in [0.15, 0.2) is 42.5 Å². The molecule has 5 heteroatoms. The van der Waals surface area contributed by atoms with Crippen molar-refractivity contribution in [3.63, 3.8) is 0 Å². The Kier molecular flexibility index (Phi) is 5.15. The molecule has 0 aliphatic rings. The zero-order chi connectivity index (χ0) is 15.1. The molecule has 0 saturated carbocycles. The van der Waals surface area contributed by atoms with Gasteiger partial charge in [-0.2, -0.15) is 0 Å². The lowest BCUT2D eigenvalue weighted by Crippen LogP contribution is -2.06. The minimum absolute atomic E-state index is 0.0533. The third kappa shape index (κ3) is 4.49. The number of ether oxygens (including phenoxy) is 1. The van der Waals surface area contributed by atoms with Crippen LogP contribution < -0.4 is 10.1 Å². The summed E-state index contributed by atoms with van der Waals surface area (Å²) in [6.07, 6.45) is 0.978. The van der Waals surface area contributed by atoms with Crippen molar-refractivity contribution in [2.45, 2.75) is 19.9 Å². The quantitative estimate of drug-likeness (QED) is 0.818. The van der Waals surface area contributed by atoms with Crippen LogP contribution in [0.25, 0.3) is 0 Å². The number of carboxylic acid groups (broad SMARTS) is 1. The molecular weight excluding hydrogens is 268 g/mol. The van der Waals surface area contributed by atoms with Crippen molar-refractivity contribution >= 4 is 11.7 Å². The van der Waals surface area contributed by atoms with Crippen molar-refractivity contribution in [2.75, 3.05) is 11.9 Å². The zero-order valence-corrected chi connectivity index (χ0v) is 11.9. The van der Waals surface area contributed by atoms with Crippen LogP contribution in [-0.4, -0.2) is 22.7 Å². The van der Waals surface area contributed by atoms with Crippen LogP contribution in [0.2, 0.25) is 0 Å². The summed E-state index contributed by atoms with van der Waals surface area (Å²) in [6, 6.07) is 12.6. The monoisotopic (exact) mass is 286 g/mol. The van der Waals surface area contributed by atoms with Crippen LogP contribution in [0.4, 0.5) is 5.69 Å². The van der Waals surface area contributed by atoms with Gasteiger partial charge >= 0.3 is 5.97 Å². The molecule has 0 saturated heterocycles. The first-order valence-corrected chi connectivity index (χ1v) is 6.85. The summed E-state index contributed by atoms with van der Waals surface area (Å²) in [7, 11) is 0. The van der Waals surface area contributed by atoms with Crippen LogP contribution in [0, 0.1) is 0 Å². The Balaban J connectivity index is 1.93. The van der Waals surface area contributed by atoms with Gasteiger partial charge in [-0.05, 0) is 42.8 Å². The summed E-state index contributed by atoms with van der Waals surface area (Å²) in [6.45, 7) is 3.24.